The summed E-state index contributed by atoms with van der Waals surface area (Å²) in [7, 11) is 0. The summed E-state index contributed by atoms with van der Waals surface area (Å²) >= 11 is 0. The van der Waals surface area contributed by atoms with Gasteiger partial charge < -0.3 is 15.2 Å². The highest BCUT2D eigenvalue weighted by Gasteiger charge is 2.08. The molecule has 0 aliphatic rings. The summed E-state index contributed by atoms with van der Waals surface area (Å²) in [6.07, 6.45) is 17.0. The van der Waals surface area contributed by atoms with Gasteiger partial charge in [-0.05, 0) is 58.5 Å². The number of esters is 1. The van der Waals surface area contributed by atoms with Crippen molar-refractivity contribution in [2.75, 3.05) is 19.7 Å². The fraction of sp³-hybridized carbons (Fsp3) is 0.955. The zero-order chi connectivity index (χ0) is 19.3. The molecule has 4 heteroatoms. The number of hydrogen-bond acceptors (Lipinski definition) is 4. The Bertz CT molecular complexity index is 297. The number of carbonyl (C=O) groups excluding carboxylic acids is 1. The highest BCUT2D eigenvalue weighted by atomic mass is 16.5. The van der Waals surface area contributed by atoms with Crippen LogP contribution < -0.4 is 5.32 Å². The Balaban J connectivity index is 3.30. The Hall–Kier alpha value is -0.610. The Kier molecular flexibility index (Phi) is 20.2. The number of aliphatic hydroxyl groups excluding tert-OH is 1. The number of rotatable bonds is 20. The second kappa shape index (κ2) is 20.7. The van der Waals surface area contributed by atoms with E-state index in [1.54, 1.807) is 0 Å². The van der Waals surface area contributed by atoms with Crippen LogP contribution in [0.5, 0.6) is 0 Å². The van der Waals surface area contributed by atoms with Crippen LogP contribution in [0.3, 0.4) is 0 Å². The maximum atomic E-state index is 11.8. The van der Waals surface area contributed by atoms with Gasteiger partial charge in [-0.3, -0.25) is 4.79 Å². The van der Waals surface area contributed by atoms with Crippen molar-refractivity contribution in [2.24, 2.45) is 0 Å². The molecule has 0 amide bonds. The molecule has 0 aliphatic heterocycles. The maximum absolute atomic E-state index is 11.8. The second-order valence-electron chi connectivity index (χ2n) is 7.56. The summed E-state index contributed by atoms with van der Waals surface area (Å²) in [5.74, 6) is -0.0194. The van der Waals surface area contributed by atoms with Gasteiger partial charge >= 0.3 is 5.97 Å². The summed E-state index contributed by atoms with van der Waals surface area (Å²) in [4.78, 5) is 11.8. The third kappa shape index (κ3) is 19.7. The van der Waals surface area contributed by atoms with Crippen LogP contribution in [-0.2, 0) is 9.53 Å². The molecule has 0 radical (unpaired) electrons. The van der Waals surface area contributed by atoms with Gasteiger partial charge in [0.15, 0.2) is 0 Å². The highest BCUT2D eigenvalue weighted by molar-refractivity contribution is 5.69. The first-order chi connectivity index (χ1) is 12.7. The molecule has 0 fully saturated rings. The van der Waals surface area contributed by atoms with Crippen LogP contribution in [0.15, 0.2) is 0 Å². The van der Waals surface area contributed by atoms with E-state index in [1.165, 1.54) is 57.8 Å². The zero-order valence-corrected chi connectivity index (χ0v) is 17.6. The Morgan fingerprint density at radius 2 is 1.42 bits per heavy atom. The van der Waals surface area contributed by atoms with Crippen LogP contribution in [0.2, 0.25) is 0 Å². The fourth-order valence-corrected chi connectivity index (χ4v) is 3.09. The van der Waals surface area contributed by atoms with Crippen molar-refractivity contribution in [2.45, 2.75) is 116 Å². The van der Waals surface area contributed by atoms with Gasteiger partial charge in [0, 0.05) is 13.0 Å². The monoisotopic (exact) mass is 371 g/mol. The van der Waals surface area contributed by atoms with E-state index in [2.05, 4.69) is 12.2 Å². The second-order valence-corrected chi connectivity index (χ2v) is 7.56. The maximum Gasteiger partial charge on any atom is 0.306 e. The van der Waals surface area contributed by atoms with E-state index in [1.807, 2.05) is 6.92 Å². The fourth-order valence-electron chi connectivity index (χ4n) is 3.09. The third-order valence-corrected chi connectivity index (χ3v) is 4.79. The first-order valence-corrected chi connectivity index (χ1v) is 11.2. The molecule has 0 saturated carbocycles. The van der Waals surface area contributed by atoms with Crippen molar-refractivity contribution in [1.29, 1.82) is 0 Å². The van der Waals surface area contributed by atoms with Crippen molar-refractivity contribution in [3.05, 3.63) is 0 Å². The first kappa shape index (κ1) is 25.4. The standard InChI is InChI=1S/C22H45NO3/c1-3-4-5-6-8-11-16-21(2)26-22(25)17-12-9-7-10-13-18-23-19-14-15-20-24/h21,23-24H,3-20H2,1-2H3. The smallest absolute Gasteiger partial charge is 0.306 e. The average Bonchev–Trinajstić information content (AvgIpc) is 2.62. The summed E-state index contributed by atoms with van der Waals surface area (Å²) in [5.41, 5.74) is 0. The van der Waals surface area contributed by atoms with Gasteiger partial charge in [0.25, 0.3) is 0 Å². The van der Waals surface area contributed by atoms with Crippen molar-refractivity contribution in [3.63, 3.8) is 0 Å². The van der Waals surface area contributed by atoms with Crippen molar-refractivity contribution in [1.82, 2.24) is 5.32 Å². The Morgan fingerprint density at radius 1 is 0.846 bits per heavy atom. The van der Waals surface area contributed by atoms with Gasteiger partial charge in [0.2, 0.25) is 0 Å². The summed E-state index contributed by atoms with van der Waals surface area (Å²) in [6.45, 7) is 6.62. The quantitative estimate of drug-likeness (QED) is 0.223. The lowest BCUT2D eigenvalue weighted by molar-refractivity contribution is -0.148. The molecule has 0 spiro atoms. The lowest BCUT2D eigenvalue weighted by Gasteiger charge is -2.13. The van der Waals surface area contributed by atoms with Gasteiger partial charge in [0.1, 0.15) is 0 Å². The largest absolute Gasteiger partial charge is 0.463 e. The van der Waals surface area contributed by atoms with Gasteiger partial charge in [-0.15, -0.1) is 0 Å². The number of nitrogens with one attached hydrogen (secondary N) is 1. The van der Waals surface area contributed by atoms with Crippen LogP contribution >= 0.6 is 0 Å². The molecule has 0 saturated heterocycles. The minimum absolute atomic E-state index is 0.0194. The number of aliphatic hydroxyl groups is 1. The van der Waals surface area contributed by atoms with Crippen molar-refractivity contribution >= 4 is 5.97 Å². The predicted octanol–water partition coefficient (Wildman–Crippen LogP) is 5.37. The zero-order valence-electron chi connectivity index (χ0n) is 17.6. The summed E-state index contributed by atoms with van der Waals surface area (Å²) < 4.78 is 5.50. The van der Waals surface area contributed by atoms with Crippen LogP contribution in [0, 0.1) is 0 Å². The van der Waals surface area contributed by atoms with E-state index in [4.69, 9.17) is 9.84 Å². The molecule has 0 aromatic carbocycles. The normalized spacial score (nSPS) is 12.3. The molecule has 0 aliphatic carbocycles. The SMILES string of the molecule is CCCCCCCCC(C)OC(=O)CCCCCCCNCCCCO. The lowest BCUT2D eigenvalue weighted by Crippen LogP contribution is -2.16. The molecular formula is C22H45NO3. The van der Waals surface area contributed by atoms with E-state index in [9.17, 15) is 4.79 Å². The van der Waals surface area contributed by atoms with E-state index in [0.717, 1.165) is 45.2 Å². The highest BCUT2D eigenvalue weighted by Crippen LogP contribution is 2.12. The van der Waals surface area contributed by atoms with Gasteiger partial charge in [-0.2, -0.15) is 0 Å². The molecule has 1 unspecified atom stereocenters. The predicted molar refractivity (Wildman–Crippen MR) is 110 cm³/mol. The number of carbonyl (C=O) groups is 1. The topological polar surface area (TPSA) is 58.6 Å². The molecule has 0 aromatic heterocycles. The number of ether oxygens (including phenoxy) is 1. The van der Waals surface area contributed by atoms with Gasteiger partial charge in [-0.1, -0.05) is 58.3 Å². The molecule has 26 heavy (non-hydrogen) atoms. The molecule has 0 aromatic rings. The van der Waals surface area contributed by atoms with E-state index in [-0.39, 0.29) is 12.1 Å². The first-order valence-electron chi connectivity index (χ1n) is 11.2. The van der Waals surface area contributed by atoms with Crippen molar-refractivity contribution in [3.8, 4) is 0 Å². The minimum atomic E-state index is -0.0194. The minimum Gasteiger partial charge on any atom is -0.463 e. The summed E-state index contributed by atoms with van der Waals surface area (Å²) in [5, 5.41) is 12.1. The molecule has 0 heterocycles. The molecule has 2 N–H and O–H groups in total. The van der Waals surface area contributed by atoms with Crippen LogP contribution in [-0.4, -0.2) is 36.9 Å². The van der Waals surface area contributed by atoms with Gasteiger partial charge in [0.05, 0.1) is 6.10 Å². The van der Waals surface area contributed by atoms with Gasteiger partial charge in [-0.25, -0.2) is 0 Å². The van der Waals surface area contributed by atoms with Crippen molar-refractivity contribution < 1.29 is 14.6 Å². The Labute approximate surface area is 162 Å². The molecular weight excluding hydrogens is 326 g/mol. The number of hydrogen-bond donors (Lipinski definition) is 2. The van der Waals surface area contributed by atoms with Crippen LogP contribution in [0.25, 0.3) is 0 Å². The van der Waals surface area contributed by atoms with Crippen LogP contribution in [0.4, 0.5) is 0 Å². The third-order valence-electron chi connectivity index (χ3n) is 4.79. The average molecular weight is 372 g/mol. The number of unbranched alkanes of at least 4 members (excludes halogenated alkanes) is 10. The lowest BCUT2D eigenvalue weighted by atomic mass is 10.1. The van der Waals surface area contributed by atoms with Crippen LogP contribution in [0.1, 0.15) is 110 Å². The molecule has 4 nitrogen and oxygen atoms in total. The molecule has 156 valence electrons. The van der Waals surface area contributed by atoms with E-state index in [0.29, 0.717) is 13.0 Å². The molecule has 0 bridgehead atoms. The summed E-state index contributed by atoms with van der Waals surface area (Å²) in [6, 6.07) is 0. The molecule has 0 rings (SSSR count). The molecule has 1 atom stereocenters. The van der Waals surface area contributed by atoms with E-state index >= 15 is 0 Å². The Morgan fingerprint density at radius 3 is 2.12 bits per heavy atom. The van der Waals surface area contributed by atoms with E-state index < -0.39 is 0 Å².